The minimum atomic E-state index is -3.35. The number of hydrogen-bond donors (Lipinski definition) is 3. The molecule has 8 heteroatoms. The van der Waals surface area contributed by atoms with E-state index in [0.29, 0.717) is 0 Å². The first kappa shape index (κ1) is 16.5. The molecule has 0 heterocycles. The highest BCUT2D eigenvalue weighted by Gasteiger charge is 2.23. The van der Waals surface area contributed by atoms with Crippen LogP contribution in [0.5, 0.6) is 0 Å². The average molecular weight is 305 g/mol. The van der Waals surface area contributed by atoms with Crippen LogP contribution in [0.25, 0.3) is 0 Å². The third kappa shape index (κ3) is 4.26. The Labute approximate surface area is 116 Å². The number of hydrogen-bond acceptors (Lipinski definition) is 5. The van der Waals surface area contributed by atoms with Crippen LogP contribution in [-0.2, 0) is 14.6 Å². The molecule has 2 atom stereocenters. The largest absolute Gasteiger partial charge is 0.387 e. The number of aliphatic hydroxyl groups is 2. The van der Waals surface area contributed by atoms with Crippen molar-refractivity contribution in [2.45, 2.75) is 17.0 Å². The van der Waals surface area contributed by atoms with Crippen molar-refractivity contribution in [3.05, 3.63) is 29.8 Å². The second kappa shape index (κ2) is 6.78. The number of benzene rings is 1. The smallest absolute Gasteiger partial charge is 0.246 e. The molecule has 0 saturated heterocycles. The van der Waals surface area contributed by atoms with E-state index in [4.69, 9.17) is 5.11 Å². The van der Waals surface area contributed by atoms with E-state index >= 15 is 0 Å². The summed E-state index contributed by atoms with van der Waals surface area (Å²) < 4.78 is 35.4. The maximum atomic E-state index is 12.8. The zero-order valence-corrected chi connectivity index (χ0v) is 11.6. The number of amides is 1. The van der Waals surface area contributed by atoms with Gasteiger partial charge in [-0.3, -0.25) is 4.79 Å². The van der Waals surface area contributed by atoms with E-state index in [1.807, 2.05) is 0 Å². The van der Waals surface area contributed by atoms with Crippen LogP contribution in [0.3, 0.4) is 0 Å². The van der Waals surface area contributed by atoms with Gasteiger partial charge in [-0.25, -0.2) is 12.8 Å². The van der Waals surface area contributed by atoms with Gasteiger partial charge in [0.1, 0.15) is 19.4 Å². The first-order valence-corrected chi connectivity index (χ1v) is 7.63. The van der Waals surface area contributed by atoms with E-state index in [2.05, 4.69) is 5.32 Å². The highest BCUT2D eigenvalue weighted by molar-refractivity contribution is 7.90. The fourth-order valence-corrected chi connectivity index (χ4v) is 2.23. The Hall–Kier alpha value is -1.51. The number of rotatable bonds is 6. The van der Waals surface area contributed by atoms with E-state index in [0.717, 1.165) is 6.26 Å². The molecule has 1 amide bonds. The van der Waals surface area contributed by atoms with E-state index in [9.17, 15) is 22.7 Å². The van der Waals surface area contributed by atoms with Gasteiger partial charge in [0.2, 0.25) is 5.91 Å². The Balaban J connectivity index is 2.90. The molecule has 0 aliphatic heterocycles. The molecule has 0 radical (unpaired) electrons. The summed E-state index contributed by atoms with van der Waals surface area (Å²) >= 11 is 0. The number of alkyl halides is 1. The van der Waals surface area contributed by atoms with Crippen LogP contribution in [0.4, 0.5) is 4.39 Å². The van der Waals surface area contributed by atoms with Gasteiger partial charge >= 0.3 is 0 Å². The fraction of sp³-hybridized carbons (Fsp3) is 0.417. The normalized spacial score (nSPS) is 14.6. The molecular weight excluding hydrogens is 289 g/mol. The molecule has 1 aromatic carbocycles. The molecule has 20 heavy (non-hydrogen) atoms. The second-order valence-electron chi connectivity index (χ2n) is 4.27. The van der Waals surface area contributed by atoms with Crippen molar-refractivity contribution < 1.29 is 27.8 Å². The van der Waals surface area contributed by atoms with Crippen molar-refractivity contribution in [2.24, 2.45) is 0 Å². The summed E-state index contributed by atoms with van der Waals surface area (Å²) in [6.45, 7) is -1.84. The number of aliphatic hydroxyl groups excluding tert-OH is 2. The van der Waals surface area contributed by atoms with E-state index in [1.54, 1.807) is 0 Å². The Bertz CT molecular complexity index is 558. The first-order valence-electron chi connectivity index (χ1n) is 5.74. The molecule has 0 spiro atoms. The van der Waals surface area contributed by atoms with Crippen molar-refractivity contribution in [3.63, 3.8) is 0 Å². The predicted molar refractivity (Wildman–Crippen MR) is 69.5 cm³/mol. The molecule has 0 unspecified atom stereocenters. The molecule has 1 aromatic rings. The fourth-order valence-electron chi connectivity index (χ4n) is 1.60. The third-order valence-electron chi connectivity index (χ3n) is 2.69. The quantitative estimate of drug-likeness (QED) is 0.661. The van der Waals surface area contributed by atoms with Crippen LogP contribution >= 0.6 is 0 Å². The van der Waals surface area contributed by atoms with E-state index < -0.39 is 41.2 Å². The average Bonchev–Trinajstić information content (AvgIpc) is 2.42. The van der Waals surface area contributed by atoms with Gasteiger partial charge in [0.05, 0.1) is 10.9 Å². The lowest BCUT2D eigenvalue weighted by Gasteiger charge is -2.21. The van der Waals surface area contributed by atoms with Gasteiger partial charge in [-0.2, -0.15) is 0 Å². The molecule has 1 rings (SSSR count). The molecule has 0 bridgehead atoms. The standard InChI is InChI=1S/C12H16FNO5S/c1-20(18,19)9-4-2-8(3-5-9)12(17)10(6-13)14-11(16)7-15/h2-5,10,12,15,17H,6-7H2,1H3,(H,14,16)/t10-,12+/m1/s1. The number of carbonyl (C=O) groups excluding carboxylic acids is 1. The molecular formula is C12H16FNO5S. The lowest BCUT2D eigenvalue weighted by atomic mass is 10.0. The molecule has 3 N–H and O–H groups in total. The summed E-state index contributed by atoms with van der Waals surface area (Å²) in [7, 11) is -3.35. The molecule has 0 aromatic heterocycles. The van der Waals surface area contributed by atoms with Gasteiger partial charge in [0, 0.05) is 6.26 Å². The molecule has 0 saturated carbocycles. The first-order chi connectivity index (χ1) is 9.29. The summed E-state index contributed by atoms with van der Waals surface area (Å²) in [5.74, 6) is -0.806. The van der Waals surface area contributed by atoms with Crippen molar-refractivity contribution in [1.29, 1.82) is 0 Å². The zero-order chi connectivity index (χ0) is 15.3. The molecule has 6 nitrogen and oxygen atoms in total. The molecule has 0 aliphatic rings. The van der Waals surface area contributed by atoms with Crippen molar-refractivity contribution in [1.82, 2.24) is 5.32 Å². The summed E-state index contributed by atoms with van der Waals surface area (Å²) in [5.41, 5.74) is 0.262. The minimum Gasteiger partial charge on any atom is -0.387 e. The van der Waals surface area contributed by atoms with Crippen LogP contribution < -0.4 is 5.32 Å². The second-order valence-corrected chi connectivity index (χ2v) is 6.29. The number of nitrogens with one attached hydrogen (secondary N) is 1. The van der Waals surface area contributed by atoms with Gasteiger partial charge in [0.25, 0.3) is 0 Å². The van der Waals surface area contributed by atoms with Crippen molar-refractivity contribution >= 4 is 15.7 Å². The van der Waals surface area contributed by atoms with Gasteiger partial charge < -0.3 is 15.5 Å². The van der Waals surface area contributed by atoms with Crippen LogP contribution in [0.1, 0.15) is 11.7 Å². The lowest BCUT2D eigenvalue weighted by molar-refractivity contribution is -0.125. The Kier molecular flexibility index (Phi) is 5.61. The van der Waals surface area contributed by atoms with Gasteiger partial charge in [-0.15, -0.1) is 0 Å². The minimum absolute atomic E-state index is 0.0737. The predicted octanol–water partition coefficient (Wildman–Crippen LogP) is -0.430. The summed E-state index contributed by atoms with van der Waals surface area (Å²) in [4.78, 5) is 11.1. The highest BCUT2D eigenvalue weighted by Crippen LogP contribution is 2.19. The van der Waals surface area contributed by atoms with Crippen LogP contribution in [0, 0.1) is 0 Å². The summed E-state index contributed by atoms with van der Waals surface area (Å²) in [6.07, 6.45) is -0.298. The SMILES string of the molecule is CS(=O)(=O)c1ccc([C@H](O)[C@@H](CF)NC(=O)CO)cc1. The number of carbonyl (C=O) groups is 1. The monoisotopic (exact) mass is 305 g/mol. The van der Waals surface area contributed by atoms with Gasteiger partial charge in [-0.1, -0.05) is 12.1 Å². The number of sulfone groups is 1. The maximum Gasteiger partial charge on any atom is 0.246 e. The van der Waals surface area contributed by atoms with Crippen molar-refractivity contribution in [3.8, 4) is 0 Å². The summed E-state index contributed by atoms with van der Waals surface area (Å²) in [5, 5.41) is 20.6. The third-order valence-corrected chi connectivity index (χ3v) is 3.82. The molecule has 0 fully saturated rings. The van der Waals surface area contributed by atoms with Gasteiger partial charge in [-0.05, 0) is 17.7 Å². The summed E-state index contributed by atoms with van der Waals surface area (Å²) in [6, 6.07) is 4.05. The van der Waals surface area contributed by atoms with Crippen LogP contribution in [0.15, 0.2) is 29.2 Å². The maximum absolute atomic E-state index is 12.8. The lowest BCUT2D eigenvalue weighted by Crippen LogP contribution is -2.42. The highest BCUT2D eigenvalue weighted by atomic mass is 32.2. The zero-order valence-electron chi connectivity index (χ0n) is 10.8. The molecule has 112 valence electrons. The van der Waals surface area contributed by atoms with Crippen LogP contribution in [-0.4, -0.2) is 50.1 Å². The topological polar surface area (TPSA) is 104 Å². The van der Waals surface area contributed by atoms with E-state index in [-0.39, 0.29) is 10.5 Å². The Morgan fingerprint density at radius 3 is 2.30 bits per heavy atom. The van der Waals surface area contributed by atoms with Crippen molar-refractivity contribution in [2.75, 3.05) is 19.5 Å². The number of halogens is 1. The Morgan fingerprint density at radius 2 is 1.90 bits per heavy atom. The Morgan fingerprint density at radius 1 is 1.35 bits per heavy atom. The van der Waals surface area contributed by atoms with Gasteiger partial charge in [0.15, 0.2) is 9.84 Å². The molecule has 0 aliphatic carbocycles. The van der Waals surface area contributed by atoms with Crippen LogP contribution in [0.2, 0.25) is 0 Å². The van der Waals surface area contributed by atoms with E-state index in [1.165, 1.54) is 24.3 Å².